The third-order valence-corrected chi connectivity index (χ3v) is 6.00. The highest BCUT2D eigenvalue weighted by Crippen LogP contribution is 2.38. The molecule has 5 nitrogen and oxygen atoms in total. The number of hydrogen-bond acceptors (Lipinski definition) is 5. The zero-order valence-electron chi connectivity index (χ0n) is 16.2. The van der Waals surface area contributed by atoms with Crippen LogP contribution in [0.25, 0.3) is 11.1 Å². The van der Waals surface area contributed by atoms with Gasteiger partial charge in [0.25, 0.3) is 5.91 Å². The summed E-state index contributed by atoms with van der Waals surface area (Å²) in [6, 6.07) is 9.66. The van der Waals surface area contributed by atoms with Crippen molar-refractivity contribution in [3.8, 4) is 11.1 Å². The van der Waals surface area contributed by atoms with Crippen LogP contribution in [0.15, 0.2) is 48.1 Å². The Labute approximate surface area is 173 Å². The summed E-state index contributed by atoms with van der Waals surface area (Å²) < 4.78 is 5.30. The van der Waals surface area contributed by atoms with E-state index in [1.165, 1.54) is 35.3 Å². The summed E-state index contributed by atoms with van der Waals surface area (Å²) in [5.41, 5.74) is 5.41. The van der Waals surface area contributed by atoms with Gasteiger partial charge in [-0.25, -0.2) is 4.79 Å². The summed E-state index contributed by atoms with van der Waals surface area (Å²) in [6.07, 6.45) is 7.72. The number of anilines is 1. The Kier molecular flexibility index (Phi) is 5.71. The Balaban J connectivity index is 1.71. The van der Waals surface area contributed by atoms with Gasteiger partial charge < -0.3 is 10.1 Å². The number of nitrogens with zero attached hydrogens (tertiary/aromatic N) is 1. The first-order chi connectivity index (χ1) is 14.2. The average Bonchev–Trinajstić information content (AvgIpc) is 3.17. The summed E-state index contributed by atoms with van der Waals surface area (Å²) in [5.74, 6) is -0.705. The highest BCUT2D eigenvalue weighted by molar-refractivity contribution is 7.15. The maximum Gasteiger partial charge on any atom is 0.341 e. The van der Waals surface area contributed by atoms with Crippen molar-refractivity contribution in [2.75, 3.05) is 11.9 Å². The lowest BCUT2D eigenvalue weighted by Gasteiger charge is -2.17. The molecule has 0 saturated carbocycles. The number of ether oxygens (including phenoxy) is 1. The molecule has 6 heteroatoms. The van der Waals surface area contributed by atoms with Crippen molar-refractivity contribution in [1.82, 2.24) is 4.98 Å². The lowest BCUT2D eigenvalue weighted by molar-refractivity contribution is 0.0529. The van der Waals surface area contributed by atoms with Crippen molar-refractivity contribution >= 4 is 28.2 Å². The van der Waals surface area contributed by atoms with Gasteiger partial charge >= 0.3 is 5.97 Å². The number of amides is 1. The van der Waals surface area contributed by atoms with Crippen molar-refractivity contribution in [3.63, 3.8) is 0 Å². The van der Waals surface area contributed by atoms with Gasteiger partial charge in [0.1, 0.15) is 10.6 Å². The quantitative estimate of drug-likeness (QED) is 0.597. The smallest absolute Gasteiger partial charge is 0.341 e. The molecular formula is C23H22N2O3S. The molecule has 2 heterocycles. The number of aromatic nitrogens is 1. The van der Waals surface area contributed by atoms with E-state index in [4.69, 9.17) is 4.74 Å². The number of nitrogens with one attached hydrogen (secondary N) is 1. The Morgan fingerprint density at radius 3 is 2.62 bits per heavy atom. The molecule has 0 fully saturated rings. The summed E-state index contributed by atoms with van der Waals surface area (Å²) >= 11 is 1.34. The largest absolute Gasteiger partial charge is 0.462 e. The number of esters is 1. The zero-order valence-corrected chi connectivity index (χ0v) is 17.1. The molecular weight excluding hydrogens is 384 g/mol. The van der Waals surface area contributed by atoms with Crippen LogP contribution in [-0.2, 0) is 17.6 Å². The zero-order chi connectivity index (χ0) is 20.2. The first-order valence-corrected chi connectivity index (χ1v) is 10.7. The molecule has 2 aromatic heterocycles. The van der Waals surface area contributed by atoms with Gasteiger partial charge in [-0.2, -0.15) is 0 Å². The van der Waals surface area contributed by atoms with Gasteiger partial charge in [0.05, 0.1) is 6.61 Å². The minimum absolute atomic E-state index is 0.274. The van der Waals surface area contributed by atoms with Crippen LogP contribution in [0.1, 0.15) is 51.6 Å². The van der Waals surface area contributed by atoms with E-state index in [1.807, 2.05) is 5.38 Å². The van der Waals surface area contributed by atoms with E-state index in [-0.39, 0.29) is 12.5 Å². The van der Waals surface area contributed by atoms with Crippen LogP contribution in [0.2, 0.25) is 0 Å². The van der Waals surface area contributed by atoms with Gasteiger partial charge in [-0.05, 0) is 61.4 Å². The molecule has 1 aliphatic rings. The van der Waals surface area contributed by atoms with Crippen molar-refractivity contribution in [1.29, 1.82) is 0 Å². The predicted molar refractivity (Wildman–Crippen MR) is 115 cm³/mol. The van der Waals surface area contributed by atoms with E-state index in [0.29, 0.717) is 16.1 Å². The molecule has 1 N–H and O–H groups in total. The molecule has 148 valence electrons. The number of hydrogen-bond donors (Lipinski definition) is 1. The number of pyridine rings is 1. The summed E-state index contributed by atoms with van der Waals surface area (Å²) in [6.45, 7) is 2.05. The third kappa shape index (κ3) is 4.07. The van der Waals surface area contributed by atoms with E-state index in [2.05, 4.69) is 28.5 Å². The molecule has 3 aromatic rings. The predicted octanol–water partition coefficient (Wildman–Crippen LogP) is 5.12. The molecule has 0 unspecified atom stereocenters. The monoisotopic (exact) mass is 406 g/mol. The van der Waals surface area contributed by atoms with Crippen molar-refractivity contribution in [3.05, 3.63) is 70.4 Å². The molecule has 1 aromatic carbocycles. The summed E-state index contributed by atoms with van der Waals surface area (Å²) in [4.78, 5) is 29.3. The maximum absolute atomic E-state index is 12.8. The van der Waals surface area contributed by atoms with Gasteiger partial charge in [-0.3, -0.25) is 9.78 Å². The first kappa shape index (κ1) is 19.3. The van der Waals surface area contributed by atoms with Gasteiger partial charge in [-0.15, -0.1) is 11.3 Å². The van der Waals surface area contributed by atoms with Crippen LogP contribution in [-0.4, -0.2) is 23.5 Å². The Morgan fingerprint density at radius 1 is 1.10 bits per heavy atom. The molecule has 0 aliphatic heterocycles. The SMILES string of the molecule is CCOC(=O)c1c(-c2ccc3c(c2)CCCC3)csc1NC(=O)c1ccncc1. The van der Waals surface area contributed by atoms with Crippen LogP contribution in [0, 0.1) is 0 Å². The van der Waals surface area contributed by atoms with Crippen molar-refractivity contribution in [2.45, 2.75) is 32.6 Å². The highest BCUT2D eigenvalue weighted by atomic mass is 32.1. The van der Waals surface area contributed by atoms with Gasteiger partial charge in [-0.1, -0.05) is 18.2 Å². The van der Waals surface area contributed by atoms with E-state index >= 15 is 0 Å². The van der Waals surface area contributed by atoms with Gasteiger partial charge in [0, 0.05) is 28.9 Å². The fraction of sp³-hybridized carbons (Fsp3) is 0.261. The second kappa shape index (κ2) is 8.57. The number of carbonyl (C=O) groups excluding carboxylic acids is 2. The minimum Gasteiger partial charge on any atom is -0.462 e. The minimum atomic E-state index is -0.425. The number of benzene rings is 1. The maximum atomic E-state index is 12.8. The van der Waals surface area contributed by atoms with Crippen LogP contribution in [0.4, 0.5) is 5.00 Å². The Hall–Kier alpha value is -2.99. The molecule has 1 aliphatic carbocycles. The van der Waals surface area contributed by atoms with Crippen LogP contribution in [0.3, 0.4) is 0 Å². The van der Waals surface area contributed by atoms with E-state index in [1.54, 1.807) is 31.5 Å². The molecule has 0 bridgehead atoms. The van der Waals surface area contributed by atoms with E-state index in [0.717, 1.165) is 24.0 Å². The molecule has 0 spiro atoms. The van der Waals surface area contributed by atoms with E-state index in [9.17, 15) is 9.59 Å². The highest BCUT2D eigenvalue weighted by Gasteiger charge is 2.24. The Morgan fingerprint density at radius 2 is 1.86 bits per heavy atom. The van der Waals surface area contributed by atoms with Crippen LogP contribution < -0.4 is 5.32 Å². The molecule has 4 rings (SSSR count). The molecule has 0 radical (unpaired) electrons. The molecule has 0 atom stereocenters. The second-order valence-electron chi connectivity index (χ2n) is 6.95. The fourth-order valence-corrected chi connectivity index (χ4v) is 4.60. The summed E-state index contributed by atoms with van der Waals surface area (Å²) in [5, 5.41) is 5.28. The number of thiophene rings is 1. The number of fused-ring (bicyclic) bond motifs is 1. The van der Waals surface area contributed by atoms with Crippen LogP contribution in [0.5, 0.6) is 0 Å². The molecule has 0 saturated heterocycles. The van der Waals surface area contributed by atoms with Crippen molar-refractivity contribution in [2.24, 2.45) is 0 Å². The number of rotatable bonds is 5. The molecule has 1 amide bonds. The number of aryl methyl sites for hydroxylation is 2. The Bertz CT molecular complexity index is 1040. The first-order valence-electron chi connectivity index (χ1n) is 9.79. The third-order valence-electron chi connectivity index (χ3n) is 5.10. The van der Waals surface area contributed by atoms with Gasteiger partial charge in [0.2, 0.25) is 0 Å². The number of carbonyl (C=O) groups is 2. The fourth-order valence-electron chi connectivity index (χ4n) is 3.65. The topological polar surface area (TPSA) is 68.3 Å². The second-order valence-corrected chi connectivity index (χ2v) is 7.83. The van der Waals surface area contributed by atoms with Crippen molar-refractivity contribution < 1.29 is 14.3 Å². The standard InChI is InChI=1S/C23H22N2O3S/c1-2-28-23(27)20-19(18-8-7-15-5-3-4-6-17(15)13-18)14-29-22(20)25-21(26)16-9-11-24-12-10-16/h7-14H,2-6H2,1H3,(H,25,26). The molecule has 29 heavy (non-hydrogen) atoms. The normalized spacial score (nSPS) is 12.9. The summed E-state index contributed by atoms with van der Waals surface area (Å²) in [7, 11) is 0. The lowest BCUT2D eigenvalue weighted by Crippen LogP contribution is -2.14. The van der Waals surface area contributed by atoms with Crippen LogP contribution >= 0.6 is 11.3 Å². The average molecular weight is 407 g/mol. The van der Waals surface area contributed by atoms with E-state index < -0.39 is 5.97 Å². The van der Waals surface area contributed by atoms with Gasteiger partial charge in [0.15, 0.2) is 0 Å². The lowest BCUT2D eigenvalue weighted by atomic mass is 9.89.